The summed E-state index contributed by atoms with van der Waals surface area (Å²) < 4.78 is 13.9. The Morgan fingerprint density at radius 2 is 1.90 bits per heavy atom. The fourth-order valence-corrected chi connectivity index (χ4v) is 3.00. The SMILES string of the molecule is NNC(CSc1ccccc1)Cc1cccc(Cl)c1F. The summed E-state index contributed by atoms with van der Waals surface area (Å²) in [7, 11) is 0. The average Bonchev–Trinajstić information content (AvgIpc) is 2.49. The molecule has 0 heterocycles. The van der Waals surface area contributed by atoms with Crippen LogP contribution in [0.1, 0.15) is 5.56 Å². The number of rotatable bonds is 6. The van der Waals surface area contributed by atoms with E-state index in [1.54, 1.807) is 30.0 Å². The third kappa shape index (κ3) is 4.21. The Bertz CT molecular complexity index is 551. The summed E-state index contributed by atoms with van der Waals surface area (Å²) >= 11 is 7.47. The Kier molecular flexibility index (Phi) is 5.86. The zero-order valence-corrected chi connectivity index (χ0v) is 12.4. The van der Waals surface area contributed by atoms with Gasteiger partial charge in [0.05, 0.1) is 5.02 Å². The molecule has 106 valence electrons. The molecule has 2 nitrogen and oxygen atoms in total. The quantitative estimate of drug-likeness (QED) is 0.486. The first-order chi connectivity index (χ1) is 9.70. The molecule has 0 amide bonds. The molecule has 2 aromatic rings. The van der Waals surface area contributed by atoms with Crippen LogP contribution >= 0.6 is 23.4 Å². The molecule has 1 unspecified atom stereocenters. The first-order valence-corrected chi connectivity index (χ1v) is 7.64. The molecular weight excluding hydrogens is 295 g/mol. The van der Waals surface area contributed by atoms with Gasteiger partial charge in [0.15, 0.2) is 0 Å². The molecule has 0 aliphatic carbocycles. The average molecular weight is 311 g/mol. The number of hydrazine groups is 1. The second-order valence-electron chi connectivity index (χ2n) is 4.40. The lowest BCUT2D eigenvalue weighted by Crippen LogP contribution is -2.38. The van der Waals surface area contributed by atoms with Crippen molar-refractivity contribution >= 4 is 23.4 Å². The molecule has 0 aliphatic rings. The molecule has 2 aromatic carbocycles. The van der Waals surface area contributed by atoms with Crippen molar-refractivity contribution in [3.8, 4) is 0 Å². The van der Waals surface area contributed by atoms with Gasteiger partial charge in [-0.25, -0.2) is 4.39 Å². The summed E-state index contributed by atoms with van der Waals surface area (Å²) in [5.74, 6) is 5.95. The van der Waals surface area contributed by atoms with Crippen molar-refractivity contribution in [3.05, 3.63) is 64.9 Å². The molecular formula is C15H16ClFN2S. The third-order valence-corrected chi connectivity index (χ3v) is 4.39. The van der Waals surface area contributed by atoms with Crippen LogP contribution in [0.15, 0.2) is 53.4 Å². The number of hydrogen-bond acceptors (Lipinski definition) is 3. The predicted octanol–water partition coefficient (Wildman–Crippen LogP) is 3.65. The first-order valence-electron chi connectivity index (χ1n) is 6.27. The Labute approximate surface area is 127 Å². The summed E-state index contributed by atoms with van der Waals surface area (Å²) in [4.78, 5) is 1.17. The minimum atomic E-state index is -0.362. The van der Waals surface area contributed by atoms with E-state index < -0.39 is 0 Å². The van der Waals surface area contributed by atoms with E-state index in [4.69, 9.17) is 17.4 Å². The van der Waals surface area contributed by atoms with Gasteiger partial charge in [-0.05, 0) is 30.2 Å². The molecule has 0 spiro atoms. The van der Waals surface area contributed by atoms with Crippen molar-refractivity contribution in [1.29, 1.82) is 0 Å². The Morgan fingerprint density at radius 3 is 2.60 bits per heavy atom. The first kappa shape index (κ1) is 15.3. The predicted molar refractivity (Wildman–Crippen MR) is 83.4 cm³/mol. The van der Waals surface area contributed by atoms with Gasteiger partial charge in [0, 0.05) is 16.7 Å². The van der Waals surface area contributed by atoms with Gasteiger partial charge in [-0.3, -0.25) is 11.3 Å². The Hall–Kier alpha value is -1.07. The van der Waals surface area contributed by atoms with Crippen molar-refractivity contribution in [3.63, 3.8) is 0 Å². The lowest BCUT2D eigenvalue weighted by Gasteiger charge is -2.16. The van der Waals surface area contributed by atoms with Crippen LogP contribution in [0.25, 0.3) is 0 Å². The molecule has 3 N–H and O–H groups in total. The number of nitrogens with one attached hydrogen (secondary N) is 1. The number of benzene rings is 2. The molecule has 2 rings (SSSR count). The largest absolute Gasteiger partial charge is 0.271 e. The van der Waals surface area contributed by atoms with Crippen LogP contribution in [0.4, 0.5) is 4.39 Å². The van der Waals surface area contributed by atoms with Crippen LogP contribution < -0.4 is 11.3 Å². The maximum Gasteiger partial charge on any atom is 0.145 e. The van der Waals surface area contributed by atoms with Crippen molar-refractivity contribution in [1.82, 2.24) is 5.43 Å². The number of hydrogen-bond donors (Lipinski definition) is 2. The van der Waals surface area contributed by atoms with Gasteiger partial charge < -0.3 is 0 Å². The number of halogens is 2. The van der Waals surface area contributed by atoms with Crippen LogP contribution in [0.5, 0.6) is 0 Å². The maximum absolute atomic E-state index is 13.9. The van der Waals surface area contributed by atoms with Gasteiger partial charge in [0.1, 0.15) is 5.82 Å². The van der Waals surface area contributed by atoms with E-state index in [0.29, 0.717) is 12.0 Å². The van der Waals surface area contributed by atoms with Crippen LogP contribution in [-0.4, -0.2) is 11.8 Å². The van der Waals surface area contributed by atoms with Crippen molar-refractivity contribution < 1.29 is 4.39 Å². The molecule has 0 saturated heterocycles. The minimum absolute atomic E-state index is 0.0202. The minimum Gasteiger partial charge on any atom is -0.271 e. The van der Waals surface area contributed by atoms with Crippen LogP contribution in [-0.2, 0) is 6.42 Å². The van der Waals surface area contributed by atoms with E-state index in [2.05, 4.69) is 5.43 Å². The van der Waals surface area contributed by atoms with Gasteiger partial charge in [-0.15, -0.1) is 11.8 Å². The topological polar surface area (TPSA) is 38.0 Å². The summed E-state index contributed by atoms with van der Waals surface area (Å²) in [6.07, 6.45) is 0.503. The van der Waals surface area contributed by atoms with Crippen molar-refractivity contribution in [2.75, 3.05) is 5.75 Å². The van der Waals surface area contributed by atoms with Gasteiger partial charge in [-0.2, -0.15) is 0 Å². The van der Waals surface area contributed by atoms with Crippen LogP contribution in [0, 0.1) is 5.82 Å². The van der Waals surface area contributed by atoms with E-state index >= 15 is 0 Å². The summed E-state index contributed by atoms with van der Waals surface area (Å²) in [6, 6.07) is 15.0. The molecule has 0 aromatic heterocycles. The Morgan fingerprint density at radius 1 is 1.15 bits per heavy atom. The zero-order chi connectivity index (χ0) is 14.4. The maximum atomic E-state index is 13.9. The summed E-state index contributed by atoms with van der Waals surface area (Å²) in [6.45, 7) is 0. The highest BCUT2D eigenvalue weighted by Gasteiger charge is 2.13. The standard InChI is InChI=1S/C15H16ClFN2S/c16-14-8-4-5-11(15(14)17)9-12(19-18)10-20-13-6-2-1-3-7-13/h1-8,12,19H,9-10,18H2. The van der Waals surface area contributed by atoms with E-state index in [1.165, 1.54) is 4.90 Å². The molecule has 0 aliphatic heterocycles. The summed E-state index contributed by atoms with van der Waals surface area (Å²) in [5, 5.41) is 0.147. The van der Waals surface area contributed by atoms with Crippen LogP contribution in [0.2, 0.25) is 5.02 Å². The monoisotopic (exact) mass is 310 g/mol. The third-order valence-electron chi connectivity index (χ3n) is 2.93. The van der Waals surface area contributed by atoms with E-state index in [9.17, 15) is 4.39 Å². The van der Waals surface area contributed by atoms with Gasteiger partial charge in [-0.1, -0.05) is 41.9 Å². The lowest BCUT2D eigenvalue weighted by atomic mass is 10.1. The van der Waals surface area contributed by atoms with Gasteiger partial charge in [0.2, 0.25) is 0 Å². The molecule has 1 atom stereocenters. The normalized spacial score (nSPS) is 12.3. The van der Waals surface area contributed by atoms with Crippen molar-refractivity contribution in [2.24, 2.45) is 5.84 Å². The van der Waals surface area contributed by atoms with E-state index in [1.807, 2.05) is 30.3 Å². The molecule has 0 radical (unpaired) electrons. The van der Waals surface area contributed by atoms with Gasteiger partial charge in [0.25, 0.3) is 0 Å². The van der Waals surface area contributed by atoms with Gasteiger partial charge >= 0.3 is 0 Å². The molecule has 0 bridgehead atoms. The highest BCUT2D eigenvalue weighted by molar-refractivity contribution is 7.99. The second-order valence-corrected chi connectivity index (χ2v) is 5.91. The zero-order valence-electron chi connectivity index (χ0n) is 10.9. The fourth-order valence-electron chi connectivity index (χ4n) is 1.85. The molecule has 0 fully saturated rings. The number of nitrogens with two attached hydrogens (primary N) is 1. The second kappa shape index (κ2) is 7.64. The smallest absolute Gasteiger partial charge is 0.145 e. The molecule has 5 heteroatoms. The van der Waals surface area contributed by atoms with E-state index in [0.717, 1.165) is 5.75 Å². The fraction of sp³-hybridized carbons (Fsp3) is 0.200. The summed E-state index contributed by atoms with van der Waals surface area (Å²) in [5.41, 5.74) is 3.31. The molecule has 20 heavy (non-hydrogen) atoms. The molecule has 0 saturated carbocycles. The van der Waals surface area contributed by atoms with E-state index in [-0.39, 0.29) is 16.9 Å². The highest BCUT2D eigenvalue weighted by Crippen LogP contribution is 2.22. The number of thioether (sulfide) groups is 1. The Balaban J connectivity index is 1.97. The lowest BCUT2D eigenvalue weighted by molar-refractivity contribution is 0.547. The van der Waals surface area contributed by atoms with Crippen molar-refractivity contribution in [2.45, 2.75) is 17.4 Å². The van der Waals surface area contributed by atoms with Crippen LogP contribution in [0.3, 0.4) is 0 Å². The highest BCUT2D eigenvalue weighted by atomic mass is 35.5.